The van der Waals surface area contributed by atoms with Crippen molar-refractivity contribution in [3.05, 3.63) is 22.5 Å². The Morgan fingerprint density at radius 2 is 1.91 bits per heavy atom. The molecular formula is C16H22N2O5. The summed E-state index contributed by atoms with van der Waals surface area (Å²) in [6.45, 7) is 4.89. The first-order valence-electron chi connectivity index (χ1n) is 7.59. The molecule has 0 aliphatic heterocycles. The zero-order chi connectivity index (χ0) is 17.1. The highest BCUT2D eigenvalue weighted by atomic mass is 16.5. The second-order valence-corrected chi connectivity index (χ2v) is 5.89. The lowest BCUT2D eigenvalue weighted by atomic mass is 10.1. The maximum atomic E-state index is 12.1. The van der Waals surface area contributed by atoms with E-state index in [-0.39, 0.29) is 24.2 Å². The molecule has 1 aliphatic rings. The van der Waals surface area contributed by atoms with E-state index in [4.69, 9.17) is 4.74 Å². The number of carbonyl (C=O) groups is 3. The third kappa shape index (κ3) is 3.91. The predicted octanol–water partition coefficient (Wildman–Crippen LogP) is 1.49. The van der Waals surface area contributed by atoms with Crippen LogP contribution in [0.15, 0.2) is 0 Å². The Bertz CT molecular complexity index is 631. The van der Waals surface area contributed by atoms with E-state index in [9.17, 15) is 14.4 Å². The molecule has 0 saturated heterocycles. The Kier molecular flexibility index (Phi) is 5.08. The smallest absolute Gasteiger partial charge is 0.355 e. The summed E-state index contributed by atoms with van der Waals surface area (Å²) in [4.78, 5) is 38.4. The van der Waals surface area contributed by atoms with Gasteiger partial charge in [0, 0.05) is 11.7 Å². The highest BCUT2D eigenvalue weighted by molar-refractivity contribution is 5.99. The molecule has 2 N–H and O–H groups in total. The minimum Gasteiger partial charge on any atom is -0.465 e. The number of H-pyrrole nitrogens is 1. The third-order valence-electron chi connectivity index (χ3n) is 4.08. The molecule has 0 spiro atoms. The number of hydrogen-bond donors (Lipinski definition) is 2. The van der Waals surface area contributed by atoms with Crippen molar-refractivity contribution in [2.24, 2.45) is 5.92 Å². The third-order valence-corrected chi connectivity index (χ3v) is 4.08. The Morgan fingerprint density at radius 1 is 1.26 bits per heavy atom. The van der Waals surface area contributed by atoms with Crippen LogP contribution in [-0.2, 0) is 14.3 Å². The van der Waals surface area contributed by atoms with Gasteiger partial charge in [0.05, 0.1) is 12.7 Å². The van der Waals surface area contributed by atoms with Gasteiger partial charge in [-0.05, 0) is 45.1 Å². The average Bonchev–Trinajstić information content (AvgIpc) is 3.30. The van der Waals surface area contributed by atoms with E-state index in [1.54, 1.807) is 13.8 Å². The number of nitrogens with one attached hydrogen (secondary N) is 2. The number of esters is 2. The van der Waals surface area contributed by atoms with Crippen LogP contribution in [0.1, 0.15) is 51.9 Å². The van der Waals surface area contributed by atoms with Gasteiger partial charge in [0.15, 0.2) is 6.61 Å². The molecule has 1 aliphatic carbocycles. The maximum absolute atomic E-state index is 12.1. The summed E-state index contributed by atoms with van der Waals surface area (Å²) in [5, 5.41) is 2.81. The summed E-state index contributed by atoms with van der Waals surface area (Å²) < 4.78 is 9.71. The number of aromatic amines is 1. The summed E-state index contributed by atoms with van der Waals surface area (Å²) >= 11 is 0. The summed E-state index contributed by atoms with van der Waals surface area (Å²) in [6, 6.07) is 0.0987. The number of aryl methyl sites for hydroxylation is 1. The SMILES string of the molecule is COC(=O)c1c(C)[nH]c(C(=O)OCC(=O)N[C@@H](C)C2CC2)c1C. The van der Waals surface area contributed by atoms with Crippen LogP contribution in [-0.4, -0.2) is 42.6 Å². The maximum Gasteiger partial charge on any atom is 0.355 e. The molecule has 1 atom stereocenters. The van der Waals surface area contributed by atoms with E-state index < -0.39 is 11.9 Å². The van der Waals surface area contributed by atoms with Gasteiger partial charge in [0.25, 0.3) is 5.91 Å². The molecule has 1 heterocycles. The lowest BCUT2D eigenvalue weighted by molar-refractivity contribution is -0.125. The molecule has 2 rings (SSSR count). The van der Waals surface area contributed by atoms with E-state index in [1.165, 1.54) is 7.11 Å². The molecule has 0 unspecified atom stereocenters. The molecule has 1 aromatic rings. The number of carbonyl (C=O) groups excluding carboxylic acids is 3. The second-order valence-electron chi connectivity index (χ2n) is 5.89. The van der Waals surface area contributed by atoms with E-state index in [2.05, 4.69) is 15.0 Å². The monoisotopic (exact) mass is 322 g/mol. The van der Waals surface area contributed by atoms with Gasteiger partial charge in [-0.15, -0.1) is 0 Å². The Balaban J connectivity index is 1.95. The van der Waals surface area contributed by atoms with Crippen LogP contribution in [0.4, 0.5) is 0 Å². The summed E-state index contributed by atoms with van der Waals surface area (Å²) in [5.41, 5.74) is 1.44. The van der Waals surface area contributed by atoms with E-state index in [1.807, 2.05) is 6.92 Å². The number of rotatable bonds is 6. The first kappa shape index (κ1) is 17.1. The van der Waals surface area contributed by atoms with Gasteiger partial charge in [0.1, 0.15) is 5.69 Å². The molecule has 1 amide bonds. The van der Waals surface area contributed by atoms with Gasteiger partial charge >= 0.3 is 11.9 Å². The van der Waals surface area contributed by atoms with Crippen molar-refractivity contribution in [3.8, 4) is 0 Å². The Hall–Kier alpha value is -2.31. The zero-order valence-electron chi connectivity index (χ0n) is 13.8. The number of methoxy groups -OCH3 is 1. The molecule has 7 nitrogen and oxygen atoms in total. The fraction of sp³-hybridized carbons (Fsp3) is 0.562. The standard InChI is InChI=1S/C16H22N2O5/c1-8-13(15(20)22-4)10(3)18-14(8)16(21)23-7-12(19)17-9(2)11-5-6-11/h9,11,18H,5-7H2,1-4H3,(H,17,19)/t9-/m0/s1. The molecule has 1 saturated carbocycles. The van der Waals surface area contributed by atoms with Crippen molar-refractivity contribution in [3.63, 3.8) is 0 Å². The van der Waals surface area contributed by atoms with Gasteiger partial charge in [-0.2, -0.15) is 0 Å². The topological polar surface area (TPSA) is 97.5 Å². The highest BCUT2D eigenvalue weighted by Crippen LogP contribution is 2.32. The fourth-order valence-corrected chi connectivity index (χ4v) is 2.58. The number of hydrogen-bond acceptors (Lipinski definition) is 5. The van der Waals surface area contributed by atoms with Crippen molar-refractivity contribution >= 4 is 17.8 Å². The van der Waals surface area contributed by atoms with E-state index in [0.717, 1.165) is 12.8 Å². The van der Waals surface area contributed by atoms with Crippen molar-refractivity contribution in [1.82, 2.24) is 10.3 Å². The number of amides is 1. The van der Waals surface area contributed by atoms with Crippen molar-refractivity contribution < 1.29 is 23.9 Å². The van der Waals surface area contributed by atoms with Crippen LogP contribution in [0.2, 0.25) is 0 Å². The molecule has 7 heteroatoms. The van der Waals surface area contributed by atoms with Crippen molar-refractivity contribution in [2.75, 3.05) is 13.7 Å². The quantitative estimate of drug-likeness (QED) is 0.773. The normalized spacial score (nSPS) is 15.0. The minimum absolute atomic E-state index is 0.0987. The summed E-state index contributed by atoms with van der Waals surface area (Å²) in [7, 11) is 1.28. The first-order chi connectivity index (χ1) is 10.8. The van der Waals surface area contributed by atoms with Crippen LogP contribution in [0.3, 0.4) is 0 Å². The zero-order valence-corrected chi connectivity index (χ0v) is 13.8. The van der Waals surface area contributed by atoms with Gasteiger partial charge in [-0.3, -0.25) is 4.79 Å². The first-order valence-corrected chi connectivity index (χ1v) is 7.59. The number of ether oxygens (including phenoxy) is 2. The van der Waals surface area contributed by atoms with E-state index in [0.29, 0.717) is 22.7 Å². The van der Waals surface area contributed by atoms with Gasteiger partial charge in [0.2, 0.25) is 0 Å². The molecule has 0 bridgehead atoms. The molecule has 1 fully saturated rings. The van der Waals surface area contributed by atoms with Gasteiger partial charge in [-0.25, -0.2) is 9.59 Å². The Morgan fingerprint density at radius 3 is 2.48 bits per heavy atom. The predicted molar refractivity (Wildman–Crippen MR) is 82.2 cm³/mol. The Labute approximate surface area is 134 Å². The molecule has 1 aromatic heterocycles. The van der Waals surface area contributed by atoms with Crippen LogP contribution < -0.4 is 5.32 Å². The molecule has 126 valence electrons. The van der Waals surface area contributed by atoms with Gasteiger partial charge in [-0.1, -0.05) is 0 Å². The average molecular weight is 322 g/mol. The van der Waals surface area contributed by atoms with E-state index >= 15 is 0 Å². The molecular weight excluding hydrogens is 300 g/mol. The van der Waals surface area contributed by atoms with Crippen LogP contribution in [0, 0.1) is 19.8 Å². The van der Waals surface area contributed by atoms with Crippen molar-refractivity contribution in [2.45, 2.75) is 39.7 Å². The van der Waals surface area contributed by atoms with Crippen molar-refractivity contribution in [1.29, 1.82) is 0 Å². The van der Waals surface area contributed by atoms with Crippen LogP contribution in [0.25, 0.3) is 0 Å². The highest BCUT2D eigenvalue weighted by Gasteiger charge is 2.29. The largest absolute Gasteiger partial charge is 0.465 e. The molecule has 23 heavy (non-hydrogen) atoms. The second kappa shape index (κ2) is 6.85. The lowest BCUT2D eigenvalue weighted by Gasteiger charge is -2.12. The molecule has 0 radical (unpaired) electrons. The lowest BCUT2D eigenvalue weighted by Crippen LogP contribution is -2.37. The summed E-state index contributed by atoms with van der Waals surface area (Å²) in [6.07, 6.45) is 2.25. The summed E-state index contributed by atoms with van der Waals surface area (Å²) in [5.74, 6) is -0.987. The van der Waals surface area contributed by atoms with Gasteiger partial charge < -0.3 is 19.8 Å². The molecule has 0 aromatic carbocycles. The minimum atomic E-state index is -0.671. The fourth-order valence-electron chi connectivity index (χ4n) is 2.58. The van der Waals surface area contributed by atoms with Crippen LogP contribution in [0.5, 0.6) is 0 Å². The number of aromatic nitrogens is 1. The van der Waals surface area contributed by atoms with Crippen LogP contribution >= 0.6 is 0 Å².